The number of methoxy groups -OCH3 is 1. The van der Waals surface area contributed by atoms with Crippen LogP contribution in [-0.4, -0.2) is 35.0 Å². The number of allylic oxidation sites excluding steroid dienone is 1. The fraction of sp³-hybridized carbons (Fsp3) is 0.200. The molecule has 0 bridgehead atoms. The van der Waals surface area contributed by atoms with Gasteiger partial charge >= 0.3 is 5.97 Å². The van der Waals surface area contributed by atoms with Crippen molar-refractivity contribution in [1.82, 2.24) is 4.90 Å². The summed E-state index contributed by atoms with van der Waals surface area (Å²) in [7, 11) is 1.21. The second-order valence-corrected chi connectivity index (χ2v) is 9.19. The van der Waals surface area contributed by atoms with Crippen LogP contribution in [0, 0.1) is 24.1 Å². The summed E-state index contributed by atoms with van der Waals surface area (Å²) >= 11 is 0.992. The van der Waals surface area contributed by atoms with Crippen molar-refractivity contribution in [3.8, 4) is 6.07 Å². The third kappa shape index (κ3) is 4.50. The standard InChI is InChI=1S/C25H21FN4O4S/c1-13-5-3-8-16(9-13)29-23(32)21-20(14-6-4-7-15(26)10-14)17(12-27)22(28)30-24(33)18(35-25(21)30)11-19(31)34-2/h3-10,18,20H,11,28H2,1-2H3,(H,29,32)/t18-,20-/m0/s1. The summed E-state index contributed by atoms with van der Waals surface area (Å²) in [6.07, 6.45) is -0.243. The number of nitrogens with zero attached hydrogens (tertiary/aromatic N) is 2. The fourth-order valence-corrected chi connectivity index (χ4v) is 5.41. The molecule has 2 atom stereocenters. The third-order valence-electron chi connectivity index (χ3n) is 5.68. The molecule has 178 valence electrons. The van der Waals surface area contributed by atoms with Gasteiger partial charge in [0.15, 0.2) is 0 Å². The lowest BCUT2D eigenvalue weighted by Gasteiger charge is -2.32. The van der Waals surface area contributed by atoms with Crippen LogP contribution in [-0.2, 0) is 19.1 Å². The van der Waals surface area contributed by atoms with Crippen LogP contribution in [0.15, 0.2) is 70.5 Å². The zero-order valence-electron chi connectivity index (χ0n) is 18.9. The number of nitriles is 1. The van der Waals surface area contributed by atoms with Gasteiger partial charge in [-0.25, -0.2) is 4.39 Å². The molecule has 2 amide bonds. The maximum absolute atomic E-state index is 14.2. The number of carbonyl (C=O) groups excluding carboxylic acids is 3. The third-order valence-corrected chi connectivity index (χ3v) is 6.96. The predicted molar refractivity (Wildman–Crippen MR) is 128 cm³/mol. The largest absolute Gasteiger partial charge is 0.469 e. The number of anilines is 1. The van der Waals surface area contributed by atoms with Gasteiger partial charge in [-0.2, -0.15) is 5.26 Å². The van der Waals surface area contributed by atoms with Gasteiger partial charge in [0.2, 0.25) is 5.91 Å². The zero-order chi connectivity index (χ0) is 25.3. The molecule has 10 heteroatoms. The van der Waals surface area contributed by atoms with Crippen molar-refractivity contribution in [2.24, 2.45) is 5.73 Å². The lowest BCUT2D eigenvalue weighted by molar-refractivity contribution is -0.142. The molecule has 0 spiro atoms. The van der Waals surface area contributed by atoms with Crippen LogP contribution in [0.1, 0.15) is 23.5 Å². The highest BCUT2D eigenvalue weighted by atomic mass is 32.2. The zero-order valence-corrected chi connectivity index (χ0v) is 19.7. The van der Waals surface area contributed by atoms with Gasteiger partial charge in [0.25, 0.3) is 5.91 Å². The summed E-state index contributed by atoms with van der Waals surface area (Å²) in [5.41, 5.74) is 8.01. The molecule has 3 N–H and O–H groups in total. The van der Waals surface area contributed by atoms with Crippen LogP contribution in [0.4, 0.5) is 10.1 Å². The van der Waals surface area contributed by atoms with Crippen molar-refractivity contribution in [2.75, 3.05) is 12.4 Å². The maximum Gasteiger partial charge on any atom is 0.307 e. The predicted octanol–water partition coefficient (Wildman–Crippen LogP) is 3.28. The number of aryl methyl sites for hydroxylation is 1. The Bertz CT molecular complexity index is 1350. The molecule has 0 aromatic heterocycles. The molecule has 2 aromatic carbocycles. The molecule has 2 aliphatic rings. The molecule has 0 radical (unpaired) electrons. The van der Waals surface area contributed by atoms with Crippen LogP contribution in [0.2, 0.25) is 0 Å². The second kappa shape index (κ2) is 9.64. The molecule has 4 rings (SSSR count). The van der Waals surface area contributed by atoms with E-state index in [4.69, 9.17) is 10.5 Å². The molecular weight excluding hydrogens is 471 g/mol. The van der Waals surface area contributed by atoms with E-state index in [9.17, 15) is 24.0 Å². The number of benzene rings is 2. The summed E-state index contributed by atoms with van der Waals surface area (Å²) in [5, 5.41) is 12.1. The van der Waals surface area contributed by atoms with Crippen LogP contribution >= 0.6 is 11.8 Å². The first-order chi connectivity index (χ1) is 16.7. The molecule has 2 aromatic rings. The molecule has 1 saturated heterocycles. The van der Waals surface area contributed by atoms with Crippen LogP contribution in [0.5, 0.6) is 0 Å². The number of esters is 1. The number of rotatable bonds is 5. The lowest BCUT2D eigenvalue weighted by Crippen LogP contribution is -2.39. The number of hydrogen-bond acceptors (Lipinski definition) is 7. The van der Waals surface area contributed by atoms with E-state index < -0.39 is 34.8 Å². The van der Waals surface area contributed by atoms with Crippen molar-refractivity contribution >= 4 is 35.2 Å². The first kappa shape index (κ1) is 24.0. The van der Waals surface area contributed by atoms with Crippen LogP contribution in [0.3, 0.4) is 0 Å². The topological polar surface area (TPSA) is 126 Å². The van der Waals surface area contributed by atoms with E-state index in [1.807, 2.05) is 19.1 Å². The number of hydrogen-bond donors (Lipinski definition) is 2. The van der Waals surface area contributed by atoms with Gasteiger partial charge in [0.1, 0.15) is 16.9 Å². The Labute approximate surface area is 205 Å². The quantitative estimate of drug-likeness (QED) is 0.614. The number of nitrogens with two attached hydrogens (primary N) is 1. The van der Waals surface area contributed by atoms with Crippen LogP contribution < -0.4 is 11.1 Å². The number of amides is 2. The minimum atomic E-state index is -1.02. The summed E-state index contributed by atoms with van der Waals surface area (Å²) in [6.45, 7) is 1.87. The molecule has 1 fully saturated rings. The van der Waals surface area contributed by atoms with Gasteiger partial charge in [0, 0.05) is 5.69 Å². The fourth-order valence-electron chi connectivity index (χ4n) is 4.08. The first-order valence-electron chi connectivity index (χ1n) is 10.6. The van der Waals surface area contributed by atoms with E-state index in [2.05, 4.69) is 5.32 Å². The van der Waals surface area contributed by atoms with E-state index in [1.54, 1.807) is 24.3 Å². The molecule has 8 nitrogen and oxygen atoms in total. The Hall–Kier alpha value is -4.10. The van der Waals surface area contributed by atoms with Gasteiger partial charge in [-0.05, 0) is 42.3 Å². The van der Waals surface area contributed by atoms with Gasteiger partial charge < -0.3 is 15.8 Å². The number of nitrogens with one attached hydrogen (secondary N) is 1. The lowest BCUT2D eigenvalue weighted by atomic mass is 9.82. The summed E-state index contributed by atoms with van der Waals surface area (Å²) < 4.78 is 18.9. The minimum Gasteiger partial charge on any atom is -0.469 e. The molecule has 0 aliphatic carbocycles. The molecule has 0 saturated carbocycles. The molecule has 2 aliphatic heterocycles. The Morgan fingerprint density at radius 1 is 1.26 bits per heavy atom. The van der Waals surface area contributed by atoms with Gasteiger partial charge in [0.05, 0.1) is 41.7 Å². The van der Waals surface area contributed by atoms with E-state index in [-0.39, 0.29) is 28.4 Å². The molecular formula is C25H21FN4O4S. The Morgan fingerprint density at radius 2 is 2.00 bits per heavy atom. The van der Waals surface area contributed by atoms with Crippen molar-refractivity contribution < 1.29 is 23.5 Å². The number of halogens is 1. The first-order valence-corrected chi connectivity index (χ1v) is 11.5. The summed E-state index contributed by atoms with van der Waals surface area (Å²) in [6, 6.07) is 14.6. The van der Waals surface area contributed by atoms with Gasteiger partial charge in [-0.15, -0.1) is 0 Å². The number of ether oxygens (including phenoxy) is 1. The normalized spacial score (nSPS) is 19.4. The highest BCUT2D eigenvalue weighted by Crippen LogP contribution is 2.50. The number of thioether (sulfide) groups is 1. The van der Waals surface area contributed by atoms with Crippen molar-refractivity contribution in [2.45, 2.75) is 24.5 Å². The van der Waals surface area contributed by atoms with E-state index in [1.165, 1.54) is 25.3 Å². The molecule has 2 heterocycles. The van der Waals surface area contributed by atoms with Crippen LogP contribution in [0.25, 0.3) is 0 Å². The average Bonchev–Trinajstić information content (AvgIpc) is 3.14. The van der Waals surface area contributed by atoms with Crippen molar-refractivity contribution in [1.29, 1.82) is 5.26 Å². The summed E-state index contributed by atoms with van der Waals surface area (Å²) in [5.74, 6) is -3.46. The van der Waals surface area contributed by atoms with Gasteiger partial charge in [-0.1, -0.05) is 36.0 Å². The average molecular weight is 493 g/mol. The van der Waals surface area contributed by atoms with Gasteiger partial charge in [-0.3, -0.25) is 19.3 Å². The minimum absolute atomic E-state index is 0.0635. The summed E-state index contributed by atoms with van der Waals surface area (Å²) in [4.78, 5) is 39.8. The smallest absolute Gasteiger partial charge is 0.307 e. The van der Waals surface area contributed by atoms with Crippen molar-refractivity contribution in [3.05, 3.63) is 87.5 Å². The van der Waals surface area contributed by atoms with Crippen molar-refractivity contribution in [3.63, 3.8) is 0 Å². The maximum atomic E-state index is 14.2. The highest BCUT2D eigenvalue weighted by Gasteiger charge is 2.48. The Morgan fingerprint density at radius 3 is 2.66 bits per heavy atom. The van der Waals surface area contributed by atoms with E-state index in [0.717, 1.165) is 22.2 Å². The molecule has 0 unspecified atom stereocenters. The monoisotopic (exact) mass is 492 g/mol. The van der Waals surface area contributed by atoms with E-state index in [0.29, 0.717) is 11.3 Å². The molecule has 35 heavy (non-hydrogen) atoms. The van der Waals surface area contributed by atoms with E-state index >= 15 is 0 Å². The number of fused-ring (bicyclic) bond motifs is 1. The highest BCUT2D eigenvalue weighted by molar-refractivity contribution is 8.04. The Balaban J connectivity index is 1.88. The second-order valence-electron chi connectivity index (χ2n) is 8.00. The number of carbonyl (C=O) groups is 3. The Kier molecular flexibility index (Phi) is 6.62. The SMILES string of the molecule is COC(=O)C[C@@H]1SC2=C(C(=O)Nc3cccc(C)c3)[C@@H](c3cccc(F)c3)C(C#N)=C(N)N2C1=O.